The highest BCUT2D eigenvalue weighted by Gasteiger charge is 2.25. The largest absolute Gasteiger partial charge is 0.493 e. The van der Waals surface area contributed by atoms with Crippen molar-refractivity contribution >= 4 is 21.9 Å². The number of nitrogens with zero attached hydrogens (tertiary/aromatic N) is 3. The molecule has 0 atom stereocenters. The second-order valence-electron chi connectivity index (χ2n) is 7.89. The van der Waals surface area contributed by atoms with Crippen LogP contribution in [0.25, 0.3) is 5.69 Å². The van der Waals surface area contributed by atoms with Crippen molar-refractivity contribution in [3.05, 3.63) is 80.5 Å². The zero-order valence-electron chi connectivity index (χ0n) is 18.1. The van der Waals surface area contributed by atoms with Gasteiger partial charge in [-0.15, -0.1) is 0 Å². The summed E-state index contributed by atoms with van der Waals surface area (Å²) in [4.78, 5) is 31.1. The van der Waals surface area contributed by atoms with Crippen molar-refractivity contribution in [1.29, 1.82) is 0 Å². The maximum atomic E-state index is 12.8. The summed E-state index contributed by atoms with van der Waals surface area (Å²) in [5.41, 5.74) is -0.0849. The summed E-state index contributed by atoms with van der Waals surface area (Å²) in [6, 6.07) is 12.9. The average Bonchev–Trinajstić information content (AvgIpc) is 2.79. The van der Waals surface area contributed by atoms with E-state index in [4.69, 9.17) is 0 Å². The molecule has 0 aliphatic carbocycles. The van der Waals surface area contributed by atoms with Gasteiger partial charge in [-0.1, -0.05) is 18.6 Å². The van der Waals surface area contributed by atoms with Crippen molar-refractivity contribution in [2.75, 3.05) is 13.1 Å². The lowest BCUT2D eigenvalue weighted by Crippen LogP contribution is -2.35. The summed E-state index contributed by atoms with van der Waals surface area (Å²) in [5, 5.41) is 10.6. The molecular formula is C23H24N4O5S. The highest BCUT2D eigenvalue weighted by molar-refractivity contribution is 7.89. The number of aryl methyl sites for hydroxylation is 1. The molecule has 1 saturated heterocycles. The number of benzene rings is 2. The van der Waals surface area contributed by atoms with Crippen LogP contribution >= 0.6 is 0 Å². The molecule has 172 valence electrons. The standard InChI is InChI=1S/C23H24N4O5S/c1-16-6-5-7-18(14-16)27-22(29)20(21(28)25-23(27)30)15-24-17-8-10-19(11-9-17)33(31,32)26-12-3-2-4-13-26/h5-11,14-15,29H,2-4,12-13H2,1H3,(H,25,28,30). The number of piperidine rings is 1. The monoisotopic (exact) mass is 468 g/mol. The van der Waals surface area contributed by atoms with Gasteiger partial charge in [-0.05, 0) is 61.7 Å². The SMILES string of the molecule is Cc1cccc(-n2c(O)c(C=Nc3ccc(S(=O)(=O)N4CCCCC4)cc3)c(=O)[nH]c2=O)c1. The zero-order chi connectivity index (χ0) is 23.6. The minimum absolute atomic E-state index is 0.178. The first-order valence-corrected chi connectivity index (χ1v) is 12.0. The molecule has 0 spiro atoms. The molecule has 2 N–H and O–H groups in total. The summed E-state index contributed by atoms with van der Waals surface area (Å²) in [7, 11) is -3.56. The molecular weight excluding hydrogens is 444 g/mol. The van der Waals surface area contributed by atoms with Crippen molar-refractivity contribution < 1.29 is 13.5 Å². The Bertz CT molecular complexity index is 1420. The van der Waals surface area contributed by atoms with Crippen molar-refractivity contribution in [1.82, 2.24) is 13.9 Å². The highest BCUT2D eigenvalue weighted by atomic mass is 32.2. The maximum Gasteiger partial charge on any atom is 0.335 e. The van der Waals surface area contributed by atoms with Gasteiger partial charge in [0.15, 0.2) is 0 Å². The predicted octanol–water partition coefficient (Wildman–Crippen LogP) is 2.47. The fourth-order valence-corrected chi connectivity index (χ4v) is 5.28. The number of aromatic nitrogens is 2. The van der Waals surface area contributed by atoms with Crippen LogP contribution in [0.4, 0.5) is 5.69 Å². The molecule has 4 rings (SSSR count). The summed E-state index contributed by atoms with van der Waals surface area (Å²) in [6.45, 7) is 2.87. The molecule has 33 heavy (non-hydrogen) atoms. The minimum Gasteiger partial charge on any atom is -0.493 e. The lowest BCUT2D eigenvalue weighted by molar-refractivity contribution is 0.346. The van der Waals surface area contributed by atoms with Crippen LogP contribution in [0.15, 0.2) is 68.0 Å². The Hall–Kier alpha value is -3.50. The van der Waals surface area contributed by atoms with Crippen LogP contribution in [-0.4, -0.2) is 46.7 Å². The molecule has 2 heterocycles. The van der Waals surface area contributed by atoms with E-state index < -0.39 is 27.2 Å². The molecule has 10 heteroatoms. The third-order valence-electron chi connectivity index (χ3n) is 5.51. The molecule has 0 radical (unpaired) electrons. The van der Waals surface area contributed by atoms with E-state index in [0.717, 1.165) is 35.6 Å². The topological polar surface area (TPSA) is 125 Å². The highest BCUT2D eigenvalue weighted by Crippen LogP contribution is 2.23. The Labute approximate surface area is 190 Å². The molecule has 9 nitrogen and oxygen atoms in total. The summed E-state index contributed by atoms with van der Waals surface area (Å²) >= 11 is 0. The van der Waals surface area contributed by atoms with Gasteiger partial charge in [-0.2, -0.15) is 4.31 Å². The molecule has 0 unspecified atom stereocenters. The molecule has 0 saturated carbocycles. The van der Waals surface area contributed by atoms with Crippen LogP contribution in [-0.2, 0) is 10.0 Å². The molecule has 3 aromatic rings. The molecule has 1 aliphatic heterocycles. The lowest BCUT2D eigenvalue weighted by atomic mass is 10.2. The fourth-order valence-electron chi connectivity index (χ4n) is 3.76. The van der Waals surface area contributed by atoms with Gasteiger partial charge < -0.3 is 5.11 Å². The van der Waals surface area contributed by atoms with Gasteiger partial charge in [-0.25, -0.2) is 17.8 Å². The van der Waals surface area contributed by atoms with E-state index >= 15 is 0 Å². The van der Waals surface area contributed by atoms with Crippen LogP contribution < -0.4 is 11.2 Å². The first-order chi connectivity index (χ1) is 15.8. The Kier molecular flexibility index (Phi) is 6.30. The number of aromatic amines is 1. The van der Waals surface area contributed by atoms with Crippen molar-refractivity contribution in [2.45, 2.75) is 31.1 Å². The van der Waals surface area contributed by atoms with Crippen LogP contribution in [0.1, 0.15) is 30.4 Å². The lowest BCUT2D eigenvalue weighted by Gasteiger charge is -2.25. The van der Waals surface area contributed by atoms with Gasteiger partial charge in [0, 0.05) is 19.3 Å². The van der Waals surface area contributed by atoms with Crippen molar-refractivity contribution in [2.24, 2.45) is 4.99 Å². The Morgan fingerprint density at radius 2 is 1.73 bits per heavy atom. The number of sulfonamides is 1. The number of hydrogen-bond acceptors (Lipinski definition) is 6. The zero-order valence-corrected chi connectivity index (χ0v) is 18.9. The van der Waals surface area contributed by atoms with E-state index in [2.05, 4.69) is 9.98 Å². The quantitative estimate of drug-likeness (QED) is 0.557. The number of aromatic hydroxyl groups is 1. The van der Waals surface area contributed by atoms with E-state index in [-0.39, 0.29) is 10.5 Å². The second kappa shape index (κ2) is 9.16. The van der Waals surface area contributed by atoms with Gasteiger partial charge in [0.1, 0.15) is 5.56 Å². The van der Waals surface area contributed by atoms with Crippen LogP contribution in [0.5, 0.6) is 5.88 Å². The first kappa shape index (κ1) is 22.7. The van der Waals surface area contributed by atoms with E-state index in [1.807, 2.05) is 13.0 Å². The fraction of sp³-hybridized carbons (Fsp3) is 0.261. The van der Waals surface area contributed by atoms with E-state index in [1.54, 1.807) is 18.2 Å². The Balaban J connectivity index is 1.64. The first-order valence-electron chi connectivity index (χ1n) is 10.6. The predicted molar refractivity (Wildman–Crippen MR) is 125 cm³/mol. The number of nitrogens with one attached hydrogen (secondary N) is 1. The smallest absolute Gasteiger partial charge is 0.335 e. The van der Waals surface area contributed by atoms with Gasteiger partial charge in [0.2, 0.25) is 15.9 Å². The number of rotatable bonds is 5. The Morgan fingerprint density at radius 3 is 2.39 bits per heavy atom. The van der Waals surface area contributed by atoms with E-state index in [1.165, 1.54) is 28.6 Å². The molecule has 2 aromatic carbocycles. The van der Waals surface area contributed by atoms with E-state index in [9.17, 15) is 23.1 Å². The molecule has 0 amide bonds. The van der Waals surface area contributed by atoms with Crippen LogP contribution in [0.3, 0.4) is 0 Å². The molecule has 1 aromatic heterocycles. The van der Waals surface area contributed by atoms with Gasteiger partial charge in [0.25, 0.3) is 5.56 Å². The van der Waals surface area contributed by atoms with Crippen molar-refractivity contribution in [3.8, 4) is 11.6 Å². The third kappa shape index (κ3) is 4.67. The number of aliphatic imine (C=N–C) groups is 1. The van der Waals surface area contributed by atoms with Gasteiger partial charge in [0.05, 0.1) is 16.3 Å². The second-order valence-corrected chi connectivity index (χ2v) is 9.83. The summed E-state index contributed by atoms with van der Waals surface area (Å²) < 4.78 is 28.0. The van der Waals surface area contributed by atoms with Crippen molar-refractivity contribution in [3.63, 3.8) is 0 Å². The van der Waals surface area contributed by atoms with E-state index in [0.29, 0.717) is 24.5 Å². The molecule has 1 fully saturated rings. The minimum atomic E-state index is -3.56. The maximum absolute atomic E-state index is 12.8. The summed E-state index contributed by atoms with van der Waals surface area (Å²) in [6.07, 6.45) is 3.88. The average molecular weight is 469 g/mol. The molecule has 1 aliphatic rings. The van der Waals surface area contributed by atoms with Gasteiger partial charge in [-0.3, -0.25) is 14.8 Å². The number of H-pyrrole nitrogens is 1. The number of hydrogen-bond donors (Lipinski definition) is 2. The normalized spacial score (nSPS) is 15.2. The van der Waals surface area contributed by atoms with Crippen LogP contribution in [0.2, 0.25) is 0 Å². The third-order valence-corrected chi connectivity index (χ3v) is 7.43. The van der Waals surface area contributed by atoms with Gasteiger partial charge >= 0.3 is 5.69 Å². The molecule has 0 bridgehead atoms. The van der Waals surface area contributed by atoms with Crippen LogP contribution in [0, 0.1) is 6.92 Å². The Morgan fingerprint density at radius 1 is 1.03 bits per heavy atom. The summed E-state index contributed by atoms with van der Waals surface area (Å²) in [5.74, 6) is -0.539.